The van der Waals surface area contributed by atoms with Crippen molar-refractivity contribution < 1.29 is 9.32 Å². The number of hydrogen-bond acceptors (Lipinski definition) is 4. The molecule has 0 radical (unpaired) electrons. The summed E-state index contributed by atoms with van der Waals surface area (Å²) >= 11 is 5.92. The van der Waals surface area contributed by atoms with Crippen molar-refractivity contribution in [2.24, 2.45) is 0 Å². The Kier molecular flexibility index (Phi) is 4.57. The number of benzene rings is 1. The molecule has 6 nitrogen and oxygen atoms in total. The molecule has 20 heavy (non-hydrogen) atoms. The molecule has 7 heteroatoms. The minimum atomic E-state index is -0.373. The van der Waals surface area contributed by atoms with E-state index in [4.69, 9.17) is 16.1 Å². The molecule has 1 atom stereocenters. The maximum absolute atomic E-state index is 11.4. The number of rotatable bonds is 4. The van der Waals surface area contributed by atoms with Gasteiger partial charge in [-0.1, -0.05) is 28.9 Å². The van der Waals surface area contributed by atoms with E-state index in [0.29, 0.717) is 23.3 Å². The van der Waals surface area contributed by atoms with Gasteiger partial charge in [0, 0.05) is 17.1 Å². The molecule has 2 N–H and O–H groups in total. The first-order chi connectivity index (χ1) is 9.60. The first-order valence-electron chi connectivity index (χ1n) is 6.24. The number of carbonyl (C=O) groups excluding carboxylic acids is 1. The fourth-order valence-corrected chi connectivity index (χ4v) is 1.82. The van der Waals surface area contributed by atoms with Crippen LogP contribution in [0.4, 0.5) is 4.79 Å². The Morgan fingerprint density at radius 2 is 2.30 bits per heavy atom. The van der Waals surface area contributed by atoms with Gasteiger partial charge in [0.25, 0.3) is 0 Å². The standard InChI is InChI=1S/C13H15ClN4O2/c1-3-15-13(19)16-8(2)12-17-11(18-20-12)9-5-4-6-10(14)7-9/h4-8H,3H2,1-2H3,(H2,15,16,19). The van der Waals surface area contributed by atoms with Crippen molar-refractivity contribution >= 4 is 17.6 Å². The van der Waals surface area contributed by atoms with E-state index >= 15 is 0 Å². The Morgan fingerprint density at radius 1 is 1.50 bits per heavy atom. The van der Waals surface area contributed by atoms with Gasteiger partial charge in [0.15, 0.2) is 0 Å². The van der Waals surface area contributed by atoms with E-state index in [9.17, 15) is 4.79 Å². The fraction of sp³-hybridized carbons (Fsp3) is 0.308. The molecule has 0 aliphatic rings. The van der Waals surface area contributed by atoms with Gasteiger partial charge >= 0.3 is 6.03 Å². The maximum atomic E-state index is 11.4. The summed E-state index contributed by atoms with van der Waals surface area (Å²) in [6.45, 7) is 4.16. The molecular weight excluding hydrogens is 280 g/mol. The highest BCUT2D eigenvalue weighted by molar-refractivity contribution is 6.30. The third-order valence-electron chi connectivity index (χ3n) is 2.58. The van der Waals surface area contributed by atoms with Crippen LogP contribution in [0, 0.1) is 0 Å². The van der Waals surface area contributed by atoms with Gasteiger partial charge in [-0.15, -0.1) is 0 Å². The zero-order valence-corrected chi connectivity index (χ0v) is 11.9. The molecule has 1 unspecified atom stereocenters. The highest BCUT2D eigenvalue weighted by atomic mass is 35.5. The van der Waals surface area contributed by atoms with Crippen LogP contribution in [-0.4, -0.2) is 22.7 Å². The molecule has 1 aromatic carbocycles. The van der Waals surface area contributed by atoms with Crippen LogP contribution in [-0.2, 0) is 0 Å². The fourth-order valence-electron chi connectivity index (χ4n) is 1.63. The number of hydrogen-bond donors (Lipinski definition) is 2. The number of aromatic nitrogens is 2. The number of halogens is 1. The summed E-state index contributed by atoms with van der Waals surface area (Å²) in [5.41, 5.74) is 0.762. The Hall–Kier alpha value is -2.08. The van der Waals surface area contributed by atoms with Crippen molar-refractivity contribution in [2.75, 3.05) is 6.54 Å². The predicted octanol–water partition coefficient (Wildman–Crippen LogP) is 2.77. The number of nitrogens with one attached hydrogen (secondary N) is 2. The number of carbonyl (C=O) groups is 1. The van der Waals surface area contributed by atoms with Crippen molar-refractivity contribution in [3.63, 3.8) is 0 Å². The average Bonchev–Trinajstić information content (AvgIpc) is 2.88. The highest BCUT2D eigenvalue weighted by Gasteiger charge is 2.17. The van der Waals surface area contributed by atoms with E-state index in [1.54, 1.807) is 19.1 Å². The Bertz CT molecular complexity index is 600. The minimum Gasteiger partial charge on any atom is -0.338 e. The normalized spacial score (nSPS) is 11.9. The molecular formula is C13H15ClN4O2. The van der Waals surface area contributed by atoms with Crippen molar-refractivity contribution in [1.82, 2.24) is 20.8 Å². The summed E-state index contributed by atoms with van der Waals surface area (Å²) in [4.78, 5) is 15.7. The lowest BCUT2D eigenvalue weighted by Crippen LogP contribution is -2.36. The molecule has 2 aromatic rings. The average molecular weight is 295 g/mol. The van der Waals surface area contributed by atoms with Crippen molar-refractivity contribution in [3.05, 3.63) is 35.2 Å². The Labute approximate surface area is 121 Å². The zero-order chi connectivity index (χ0) is 14.5. The summed E-state index contributed by atoms with van der Waals surface area (Å²) in [7, 11) is 0. The highest BCUT2D eigenvalue weighted by Crippen LogP contribution is 2.21. The van der Waals surface area contributed by atoms with Crippen LogP contribution < -0.4 is 10.6 Å². The zero-order valence-electron chi connectivity index (χ0n) is 11.2. The molecule has 0 saturated heterocycles. The molecule has 0 spiro atoms. The van der Waals surface area contributed by atoms with Gasteiger partial charge < -0.3 is 15.2 Å². The maximum Gasteiger partial charge on any atom is 0.315 e. The summed E-state index contributed by atoms with van der Waals surface area (Å²) in [5, 5.41) is 9.82. The third kappa shape index (κ3) is 3.48. The van der Waals surface area contributed by atoms with Crippen molar-refractivity contribution in [1.29, 1.82) is 0 Å². The molecule has 2 amide bonds. The predicted molar refractivity (Wildman–Crippen MR) is 75.4 cm³/mol. The molecule has 0 aliphatic carbocycles. The molecule has 2 rings (SSSR count). The second kappa shape index (κ2) is 6.38. The Balaban J connectivity index is 2.10. The largest absolute Gasteiger partial charge is 0.338 e. The van der Waals surface area contributed by atoms with Crippen LogP contribution in [0.3, 0.4) is 0 Å². The minimum absolute atomic E-state index is 0.275. The third-order valence-corrected chi connectivity index (χ3v) is 2.82. The van der Waals surface area contributed by atoms with E-state index in [2.05, 4.69) is 20.8 Å². The quantitative estimate of drug-likeness (QED) is 0.908. The van der Waals surface area contributed by atoms with Crippen LogP contribution in [0.2, 0.25) is 5.02 Å². The van der Waals surface area contributed by atoms with E-state index < -0.39 is 0 Å². The SMILES string of the molecule is CCNC(=O)NC(C)c1nc(-c2cccc(Cl)c2)no1. The van der Waals surface area contributed by atoms with E-state index in [-0.39, 0.29) is 12.1 Å². The smallest absolute Gasteiger partial charge is 0.315 e. The van der Waals surface area contributed by atoms with Crippen LogP contribution in [0.15, 0.2) is 28.8 Å². The number of amides is 2. The van der Waals surface area contributed by atoms with Crippen LogP contribution in [0.1, 0.15) is 25.8 Å². The molecule has 0 aliphatic heterocycles. The van der Waals surface area contributed by atoms with Crippen LogP contribution in [0.25, 0.3) is 11.4 Å². The monoisotopic (exact) mass is 294 g/mol. The van der Waals surface area contributed by atoms with Gasteiger partial charge in [-0.25, -0.2) is 4.79 Å². The van der Waals surface area contributed by atoms with Gasteiger partial charge in [0.1, 0.15) is 6.04 Å². The van der Waals surface area contributed by atoms with Crippen molar-refractivity contribution in [3.8, 4) is 11.4 Å². The van der Waals surface area contributed by atoms with Crippen LogP contribution >= 0.6 is 11.6 Å². The van der Waals surface area contributed by atoms with Crippen molar-refractivity contribution in [2.45, 2.75) is 19.9 Å². The van der Waals surface area contributed by atoms with E-state index in [0.717, 1.165) is 5.56 Å². The van der Waals surface area contributed by atoms with Crippen LogP contribution in [0.5, 0.6) is 0 Å². The Morgan fingerprint density at radius 3 is 3.00 bits per heavy atom. The van der Waals surface area contributed by atoms with E-state index in [1.807, 2.05) is 19.1 Å². The summed E-state index contributed by atoms with van der Waals surface area (Å²) < 4.78 is 5.15. The number of nitrogens with zero attached hydrogens (tertiary/aromatic N) is 2. The van der Waals surface area contributed by atoms with E-state index in [1.165, 1.54) is 0 Å². The molecule has 0 saturated carbocycles. The van der Waals surface area contributed by atoms with Gasteiger partial charge in [0.05, 0.1) is 0 Å². The van der Waals surface area contributed by atoms with Gasteiger partial charge in [-0.3, -0.25) is 0 Å². The molecule has 0 bridgehead atoms. The first kappa shape index (κ1) is 14.3. The van der Waals surface area contributed by atoms with Gasteiger partial charge in [0.2, 0.25) is 11.7 Å². The second-order valence-electron chi connectivity index (χ2n) is 4.19. The van der Waals surface area contributed by atoms with Gasteiger partial charge in [-0.2, -0.15) is 4.98 Å². The lowest BCUT2D eigenvalue weighted by Gasteiger charge is -2.09. The molecule has 1 heterocycles. The summed E-state index contributed by atoms with van der Waals surface area (Å²) in [6, 6.07) is 6.51. The lowest BCUT2D eigenvalue weighted by molar-refractivity contribution is 0.234. The number of urea groups is 1. The first-order valence-corrected chi connectivity index (χ1v) is 6.62. The summed E-state index contributed by atoms with van der Waals surface area (Å²) in [6.07, 6.45) is 0. The topological polar surface area (TPSA) is 80.0 Å². The summed E-state index contributed by atoms with van der Waals surface area (Å²) in [5.74, 6) is 0.776. The lowest BCUT2D eigenvalue weighted by atomic mass is 10.2. The second-order valence-corrected chi connectivity index (χ2v) is 4.63. The molecule has 1 aromatic heterocycles. The molecule has 0 fully saturated rings. The van der Waals surface area contributed by atoms with Gasteiger partial charge in [-0.05, 0) is 26.0 Å². The molecule has 106 valence electrons.